The first-order valence-electron chi connectivity index (χ1n) is 34.9. The zero-order chi connectivity index (χ0) is 79.6. The number of carbonyl (C=O) groups excluding carboxylic acids is 1. The van der Waals surface area contributed by atoms with Crippen molar-refractivity contribution in [3.8, 4) is 23.0 Å². The molecule has 4 aliphatic heterocycles. The van der Waals surface area contributed by atoms with Crippen molar-refractivity contribution >= 4 is 101 Å². The van der Waals surface area contributed by atoms with Crippen molar-refractivity contribution in [2.45, 2.75) is 32.1 Å². The van der Waals surface area contributed by atoms with E-state index in [2.05, 4.69) is 79.6 Å². The third kappa shape index (κ3) is 30.4. The zero-order valence-corrected chi connectivity index (χ0v) is 73.6. The molecule has 0 aliphatic carbocycles. The number of methoxy groups -OCH3 is 4. The molecular weight excluding hydrogens is 1610 g/mol. The molecule has 9 aromatic carbocycles. The summed E-state index contributed by atoms with van der Waals surface area (Å²) in [7, 11) is 3.04. The first kappa shape index (κ1) is 106. The van der Waals surface area contributed by atoms with Crippen LogP contribution in [0, 0.1) is 26.0 Å². The number of hydrogen-bond acceptors (Lipinski definition) is 25. The Hall–Kier alpha value is -8.12. The number of rotatable bonds is 19. The normalized spacial score (nSPS) is 13.2. The molecule has 0 aromatic heterocycles. The number of anilines is 9. The predicted molar refractivity (Wildman–Crippen MR) is 456 cm³/mol. The fourth-order valence-electron chi connectivity index (χ4n) is 12.3. The van der Waals surface area contributed by atoms with Gasteiger partial charge in [0.2, 0.25) is 15.8 Å². The minimum atomic E-state index is -3.93. The molecule has 622 valence electrons. The van der Waals surface area contributed by atoms with Crippen molar-refractivity contribution in [1.82, 2.24) is 9.62 Å². The first-order chi connectivity index (χ1) is 53.2. The van der Waals surface area contributed by atoms with E-state index in [9.17, 15) is 41.5 Å². The molecule has 29 nitrogen and oxygen atoms in total. The number of benzene rings is 9. The number of nitro benzene ring substituents is 2. The molecule has 0 amide bonds. The third-order valence-electron chi connectivity index (χ3n) is 17.8. The van der Waals surface area contributed by atoms with Crippen LogP contribution in [0.2, 0.25) is 0 Å². The predicted octanol–water partition coefficient (Wildman–Crippen LogP) is 5.94. The number of nitrogens with one attached hydrogen (secondary N) is 2. The van der Waals surface area contributed by atoms with Gasteiger partial charge in [-0.2, -0.15) is 4.39 Å². The fraction of sp³-hybridized carbons (Fsp3) is 0.321. The van der Waals surface area contributed by atoms with Crippen LogP contribution < -0.4 is 177 Å². The average molecular weight is 1720 g/mol. The number of sulfonamides is 2. The molecule has 0 saturated carbocycles. The van der Waals surface area contributed by atoms with E-state index < -0.39 is 36.5 Å². The fourth-order valence-corrected chi connectivity index (χ4v) is 14.3. The second kappa shape index (κ2) is 54.8. The van der Waals surface area contributed by atoms with E-state index in [1.54, 1.807) is 52.7 Å². The van der Waals surface area contributed by atoms with Crippen molar-refractivity contribution < 1.29 is 174 Å². The second-order valence-electron chi connectivity index (χ2n) is 24.4. The van der Waals surface area contributed by atoms with Crippen LogP contribution >= 0.6 is 12.4 Å². The van der Waals surface area contributed by atoms with Gasteiger partial charge in [0.25, 0.3) is 22.2 Å². The summed E-state index contributed by atoms with van der Waals surface area (Å²) in [5, 5.41) is 39.9. The maximum absolute atomic E-state index is 13.1. The molecule has 116 heavy (non-hydrogen) atoms. The van der Waals surface area contributed by atoms with Crippen LogP contribution in [-0.2, 0) is 29.7 Å². The maximum atomic E-state index is 13.1. The van der Waals surface area contributed by atoms with Crippen LogP contribution in [0.4, 0.5) is 67.0 Å². The van der Waals surface area contributed by atoms with E-state index in [0.717, 1.165) is 167 Å². The van der Waals surface area contributed by atoms with Gasteiger partial charge in [0.1, 0.15) is 28.7 Å². The SMILES string of the molecule is C.C.C.CO.COc1ccccc1N1CCN(c2ccccc2N)CC1.COc1ccccc1N1CCN(c2ccccc2NS(=O)(=O)c2ccc(S(=O)(=O)N(C)C)cc2)CC1.COc1ccccc1N1CCN(c2ccccc2[N+](=O)[O-])CC1.COc1ccccc1N1CCNCC1.Cl.O=CO[O-].O=[N+]([O-])c1ccccc1F.[H-].[K+].[K+]. The Morgan fingerprint density at radius 1 is 0.448 bits per heavy atom. The van der Waals surface area contributed by atoms with Crippen LogP contribution in [-0.4, -0.2) is 197 Å². The maximum Gasteiger partial charge on any atom is 1.00 e. The molecule has 0 spiro atoms. The van der Waals surface area contributed by atoms with Gasteiger partial charge in [-0.05, 0) is 109 Å². The Morgan fingerprint density at radius 2 is 0.724 bits per heavy atom. The molecule has 9 aromatic rings. The number of nitrogen functional groups attached to an aromatic ring is 1. The molecule has 0 radical (unpaired) electrons. The largest absolute Gasteiger partial charge is 1.00 e. The first-order valence-corrected chi connectivity index (χ1v) is 37.9. The molecule has 4 heterocycles. The number of nitrogens with two attached hydrogens (primary N) is 1. The summed E-state index contributed by atoms with van der Waals surface area (Å²) in [4.78, 5) is 47.2. The molecule has 35 heteroatoms. The van der Waals surface area contributed by atoms with E-state index in [0.29, 0.717) is 24.5 Å². The number of nitrogens with zero attached hydrogens (tertiary/aromatic N) is 10. The molecule has 4 aliphatic rings. The summed E-state index contributed by atoms with van der Waals surface area (Å²) in [5.41, 5.74) is 14.2. The number of para-hydroxylation sites is 15. The summed E-state index contributed by atoms with van der Waals surface area (Å²) >= 11 is 0. The molecule has 4 fully saturated rings. The minimum Gasteiger partial charge on any atom is -1.00 e. The van der Waals surface area contributed by atoms with Gasteiger partial charge in [0, 0.05) is 138 Å². The van der Waals surface area contributed by atoms with Crippen molar-refractivity contribution in [3.05, 3.63) is 244 Å². The van der Waals surface area contributed by atoms with Gasteiger partial charge in [-0.25, -0.2) is 21.1 Å². The Labute approximate surface area is 775 Å². The molecule has 0 atom stereocenters. The Kier molecular flexibility index (Phi) is 50.0. The zero-order valence-electron chi connectivity index (χ0n) is 65.9. The summed E-state index contributed by atoms with van der Waals surface area (Å²) in [6.07, 6.45) is 0. The van der Waals surface area contributed by atoms with Crippen LogP contribution in [0.1, 0.15) is 23.7 Å². The Bertz CT molecular complexity index is 4620. The van der Waals surface area contributed by atoms with Gasteiger partial charge in [0.05, 0.1) is 93.6 Å². The van der Waals surface area contributed by atoms with Crippen LogP contribution in [0.5, 0.6) is 23.0 Å². The van der Waals surface area contributed by atoms with Gasteiger partial charge in [0.15, 0.2) is 0 Å². The van der Waals surface area contributed by atoms with Gasteiger partial charge in [-0.1, -0.05) is 119 Å². The van der Waals surface area contributed by atoms with Gasteiger partial charge >= 0.3 is 108 Å². The number of hydrogen-bond donors (Lipinski definition) is 4. The Morgan fingerprint density at radius 3 is 1.06 bits per heavy atom. The standard InChI is InChI=1S/C25H30N4O5S2.C17H19N3O3.C17H21N3O.C11H16N2O.C6H4FNO2.CH2O3.CH4O.3CH4.ClH.2K.H/c1-27(2)36(32,33)21-14-12-20(13-15-21)35(30,31)26-22-8-4-5-9-23(22)28-16-18-29(19-17-28)24-10-6-7-11-25(24)34-3;1-23-17-9-5-4-8-16(17)19-12-10-18(11-13-19)14-6-2-3-7-15(14)20(21)22;1-21-17-9-5-4-8-16(17)20-12-10-19(11-13-20)15-7-3-2-6-14(15)18;1-14-11-5-3-2-4-10(11)13-8-6-12-7-9-13;7-5-3-1-2-4-6(5)8(9)10;2-1-4-3;1-2;;;;;;;/h4-15,26H,16-19H2,1-3H3;2-9H,10-13H2,1H3;2-9H,10-13,18H2,1H3;2-5,12H,6-9H2,1H3;1-4H;1,3H;2H,1H3;3*1H4;1H;;;/q;;;;;;;;;;;2*+1;-1/p-1. The monoisotopic (exact) mass is 1720 g/mol. The third-order valence-corrected chi connectivity index (χ3v) is 21.1. The number of nitro groups is 2. The summed E-state index contributed by atoms with van der Waals surface area (Å²) in [6, 6.07) is 64.6. The number of halogens is 2. The summed E-state index contributed by atoms with van der Waals surface area (Å²) in [5.74, 6) is 2.78. The Balaban J connectivity index is 0.00000146. The van der Waals surface area contributed by atoms with Crippen LogP contribution in [0.15, 0.2) is 228 Å². The number of aliphatic hydroxyl groups excluding tert-OH is 1. The van der Waals surface area contributed by atoms with E-state index >= 15 is 0 Å². The van der Waals surface area contributed by atoms with Crippen molar-refractivity contribution in [1.29, 1.82) is 0 Å². The van der Waals surface area contributed by atoms with Gasteiger partial charge < -0.3 is 81.0 Å². The van der Waals surface area contributed by atoms with Crippen LogP contribution in [0.3, 0.4) is 0 Å². The summed E-state index contributed by atoms with van der Waals surface area (Å²) < 4.78 is 88.7. The second-order valence-corrected chi connectivity index (χ2v) is 28.3. The van der Waals surface area contributed by atoms with E-state index in [1.807, 2.05) is 115 Å². The molecule has 5 N–H and O–H groups in total. The van der Waals surface area contributed by atoms with Gasteiger partial charge in [-0.15, -0.1) is 12.4 Å². The van der Waals surface area contributed by atoms with Crippen molar-refractivity contribution in [2.24, 2.45) is 0 Å². The van der Waals surface area contributed by atoms with Crippen molar-refractivity contribution in [3.63, 3.8) is 0 Å². The van der Waals surface area contributed by atoms with Crippen molar-refractivity contribution in [2.75, 3.05) is 199 Å². The van der Waals surface area contributed by atoms with E-state index in [-0.39, 0.29) is 166 Å². The number of ether oxygens (including phenoxy) is 4. The number of aliphatic hydroxyl groups is 1. The number of carbonyl (C=O) groups is 1. The minimum absolute atomic E-state index is 0. The smallest absolute Gasteiger partial charge is 1.00 e. The summed E-state index contributed by atoms with van der Waals surface area (Å²) in [6.45, 7) is 13.9. The quantitative estimate of drug-likeness (QED) is 0.0182. The van der Waals surface area contributed by atoms with Crippen LogP contribution in [0.25, 0.3) is 0 Å². The van der Waals surface area contributed by atoms with Gasteiger partial charge in [-0.3, -0.25) is 29.7 Å². The molecule has 13 rings (SSSR count). The topological polar surface area (TPSA) is 337 Å². The molecule has 0 bridgehead atoms. The molecule has 0 unspecified atom stereocenters. The van der Waals surface area contributed by atoms with E-state index in [4.69, 9.17) is 39.8 Å². The number of piperazine rings is 4. The van der Waals surface area contributed by atoms with E-state index in [1.165, 1.54) is 61.9 Å². The average Bonchev–Trinajstić information content (AvgIpc) is 0.793. The molecule has 4 saturated heterocycles. The molecular formula is C81H109ClFK2N13O16S2.